The second kappa shape index (κ2) is 9.99. The third-order valence-corrected chi connectivity index (χ3v) is 4.07. The minimum Gasteiger partial charge on any atom is -0.355 e. The molecule has 0 radical (unpaired) electrons. The Morgan fingerprint density at radius 2 is 2.00 bits per heavy atom. The molecule has 2 aromatic rings. The predicted molar refractivity (Wildman–Crippen MR) is 102 cm³/mol. The number of aliphatic imine (C=N–C) groups is 1. The van der Waals surface area contributed by atoms with Crippen molar-refractivity contribution in [3.8, 4) is 0 Å². The fraction of sp³-hybridized carbons (Fsp3) is 0.526. The molecular formula is C19H28F2N6. The molecule has 0 bridgehead atoms. The molecule has 0 spiro atoms. The van der Waals surface area contributed by atoms with E-state index in [-0.39, 0.29) is 6.04 Å². The van der Waals surface area contributed by atoms with E-state index in [0.717, 1.165) is 18.3 Å². The Morgan fingerprint density at radius 3 is 2.67 bits per heavy atom. The lowest BCUT2D eigenvalue weighted by atomic mass is 10.1. The molecule has 1 unspecified atom stereocenters. The average Bonchev–Trinajstić information content (AvgIpc) is 3.09. The van der Waals surface area contributed by atoms with Gasteiger partial charge in [0.25, 0.3) is 0 Å². The first kappa shape index (κ1) is 20.8. The van der Waals surface area contributed by atoms with Crippen LogP contribution in [0, 0.1) is 17.6 Å². The third kappa shape index (κ3) is 6.30. The lowest BCUT2D eigenvalue weighted by Gasteiger charge is -2.19. The third-order valence-electron chi connectivity index (χ3n) is 4.07. The lowest BCUT2D eigenvalue weighted by Crippen LogP contribution is -2.40. The highest BCUT2D eigenvalue weighted by Gasteiger charge is 2.11. The largest absolute Gasteiger partial charge is 0.355 e. The highest BCUT2D eigenvalue weighted by atomic mass is 19.2. The van der Waals surface area contributed by atoms with Crippen molar-refractivity contribution in [2.75, 3.05) is 13.1 Å². The number of hydrogen-bond donors (Lipinski definition) is 2. The van der Waals surface area contributed by atoms with Crippen molar-refractivity contribution in [2.24, 2.45) is 10.9 Å². The second-order valence-electron chi connectivity index (χ2n) is 6.84. The van der Waals surface area contributed by atoms with Crippen LogP contribution in [0.5, 0.6) is 0 Å². The van der Waals surface area contributed by atoms with Gasteiger partial charge in [-0.2, -0.15) is 0 Å². The molecule has 0 aliphatic carbocycles. The van der Waals surface area contributed by atoms with E-state index >= 15 is 0 Å². The monoisotopic (exact) mass is 378 g/mol. The SMILES string of the molecule is CCc1nncn1CCNC(=NCC(C)C)NC(C)c1ccc(F)c(F)c1. The quantitative estimate of drug-likeness (QED) is 0.547. The van der Waals surface area contributed by atoms with Crippen molar-refractivity contribution in [3.05, 3.63) is 47.5 Å². The van der Waals surface area contributed by atoms with Gasteiger partial charge in [0.05, 0.1) is 6.04 Å². The molecule has 148 valence electrons. The Morgan fingerprint density at radius 1 is 1.22 bits per heavy atom. The maximum Gasteiger partial charge on any atom is 0.191 e. The van der Waals surface area contributed by atoms with Gasteiger partial charge in [-0.05, 0) is 30.5 Å². The Balaban J connectivity index is 2.00. The van der Waals surface area contributed by atoms with Crippen LogP contribution in [0.15, 0.2) is 29.5 Å². The smallest absolute Gasteiger partial charge is 0.191 e. The van der Waals surface area contributed by atoms with E-state index in [1.54, 1.807) is 12.4 Å². The molecule has 0 aliphatic heterocycles. The standard InChI is InChI=1S/C19H28F2N6/c1-5-18-26-24-12-27(18)9-8-22-19(23-11-13(2)3)25-14(4)15-6-7-16(20)17(21)10-15/h6-7,10,12-14H,5,8-9,11H2,1-4H3,(H2,22,23,25). The van der Waals surface area contributed by atoms with Gasteiger partial charge >= 0.3 is 0 Å². The van der Waals surface area contributed by atoms with Gasteiger partial charge in [0, 0.05) is 26.1 Å². The molecule has 1 aromatic heterocycles. The first-order chi connectivity index (χ1) is 12.9. The van der Waals surface area contributed by atoms with Gasteiger partial charge in [-0.15, -0.1) is 10.2 Å². The van der Waals surface area contributed by atoms with E-state index in [2.05, 4.69) is 39.7 Å². The summed E-state index contributed by atoms with van der Waals surface area (Å²) in [5, 5.41) is 14.5. The average molecular weight is 378 g/mol. The van der Waals surface area contributed by atoms with Gasteiger partial charge in [0.1, 0.15) is 12.2 Å². The zero-order valence-electron chi connectivity index (χ0n) is 16.3. The van der Waals surface area contributed by atoms with Crippen LogP contribution < -0.4 is 10.6 Å². The van der Waals surface area contributed by atoms with Crippen LogP contribution in [0.2, 0.25) is 0 Å². The number of guanidine groups is 1. The van der Waals surface area contributed by atoms with E-state index in [4.69, 9.17) is 0 Å². The summed E-state index contributed by atoms with van der Waals surface area (Å²) < 4.78 is 28.6. The molecule has 6 nitrogen and oxygen atoms in total. The Bertz CT molecular complexity index is 756. The molecule has 1 aromatic carbocycles. The van der Waals surface area contributed by atoms with E-state index in [0.29, 0.717) is 37.1 Å². The highest BCUT2D eigenvalue weighted by molar-refractivity contribution is 5.80. The van der Waals surface area contributed by atoms with Crippen molar-refractivity contribution < 1.29 is 8.78 Å². The van der Waals surface area contributed by atoms with Gasteiger partial charge in [-0.1, -0.05) is 26.8 Å². The van der Waals surface area contributed by atoms with Crippen molar-refractivity contribution >= 4 is 5.96 Å². The fourth-order valence-electron chi connectivity index (χ4n) is 2.53. The van der Waals surface area contributed by atoms with Crippen LogP contribution in [0.25, 0.3) is 0 Å². The Hall–Kier alpha value is -2.51. The van der Waals surface area contributed by atoms with E-state index < -0.39 is 11.6 Å². The molecule has 0 fully saturated rings. The Labute approximate surface area is 159 Å². The number of hydrogen-bond acceptors (Lipinski definition) is 3. The summed E-state index contributed by atoms with van der Waals surface area (Å²) in [6, 6.07) is 3.69. The zero-order valence-corrected chi connectivity index (χ0v) is 16.3. The number of rotatable bonds is 8. The number of aromatic nitrogens is 3. The van der Waals surface area contributed by atoms with Crippen LogP contribution in [0.1, 0.15) is 45.1 Å². The van der Waals surface area contributed by atoms with Crippen molar-refractivity contribution in [1.29, 1.82) is 0 Å². The summed E-state index contributed by atoms with van der Waals surface area (Å²) in [5.74, 6) is 0.271. The predicted octanol–water partition coefficient (Wildman–Crippen LogP) is 3.07. The van der Waals surface area contributed by atoms with Crippen LogP contribution >= 0.6 is 0 Å². The van der Waals surface area contributed by atoms with Gasteiger partial charge in [0.15, 0.2) is 17.6 Å². The lowest BCUT2D eigenvalue weighted by molar-refractivity contribution is 0.504. The molecular weight excluding hydrogens is 350 g/mol. The summed E-state index contributed by atoms with van der Waals surface area (Å²) in [5.41, 5.74) is 0.653. The molecule has 2 N–H and O–H groups in total. The van der Waals surface area contributed by atoms with E-state index in [1.807, 2.05) is 18.4 Å². The minimum atomic E-state index is -0.852. The number of aryl methyl sites for hydroxylation is 1. The molecule has 0 saturated heterocycles. The molecule has 1 heterocycles. The maximum atomic E-state index is 13.5. The van der Waals surface area contributed by atoms with Gasteiger partial charge in [-0.25, -0.2) is 8.78 Å². The summed E-state index contributed by atoms with van der Waals surface area (Å²) in [4.78, 5) is 4.58. The molecule has 1 atom stereocenters. The van der Waals surface area contributed by atoms with Crippen LogP contribution in [-0.4, -0.2) is 33.8 Å². The summed E-state index contributed by atoms with van der Waals surface area (Å²) >= 11 is 0. The maximum absolute atomic E-state index is 13.5. The number of nitrogens with zero attached hydrogens (tertiary/aromatic N) is 4. The first-order valence-corrected chi connectivity index (χ1v) is 9.27. The zero-order chi connectivity index (χ0) is 19.8. The van der Waals surface area contributed by atoms with Crippen LogP contribution in [-0.2, 0) is 13.0 Å². The van der Waals surface area contributed by atoms with Crippen molar-refractivity contribution in [2.45, 2.75) is 46.7 Å². The first-order valence-electron chi connectivity index (χ1n) is 9.27. The molecule has 8 heteroatoms. The Kier molecular flexibility index (Phi) is 7.69. The topological polar surface area (TPSA) is 67.1 Å². The normalized spacial score (nSPS) is 13.1. The van der Waals surface area contributed by atoms with E-state index in [9.17, 15) is 8.78 Å². The summed E-state index contributed by atoms with van der Waals surface area (Å²) in [7, 11) is 0. The number of halogens is 2. The summed E-state index contributed by atoms with van der Waals surface area (Å²) in [6.45, 7) is 10.1. The molecule has 27 heavy (non-hydrogen) atoms. The molecule has 0 saturated carbocycles. The van der Waals surface area contributed by atoms with Gasteiger partial charge < -0.3 is 15.2 Å². The second-order valence-corrected chi connectivity index (χ2v) is 6.84. The van der Waals surface area contributed by atoms with Crippen LogP contribution in [0.3, 0.4) is 0 Å². The van der Waals surface area contributed by atoms with Crippen molar-refractivity contribution in [3.63, 3.8) is 0 Å². The van der Waals surface area contributed by atoms with Gasteiger partial charge in [0.2, 0.25) is 0 Å². The van der Waals surface area contributed by atoms with Crippen LogP contribution in [0.4, 0.5) is 8.78 Å². The molecule has 0 amide bonds. The fourth-order valence-corrected chi connectivity index (χ4v) is 2.53. The van der Waals surface area contributed by atoms with E-state index in [1.165, 1.54) is 6.07 Å². The van der Waals surface area contributed by atoms with Crippen molar-refractivity contribution in [1.82, 2.24) is 25.4 Å². The summed E-state index contributed by atoms with van der Waals surface area (Å²) in [6.07, 6.45) is 2.53. The molecule has 2 rings (SSSR count). The number of benzene rings is 1. The molecule has 0 aliphatic rings. The highest BCUT2D eigenvalue weighted by Crippen LogP contribution is 2.15. The number of nitrogens with one attached hydrogen (secondary N) is 2. The minimum absolute atomic E-state index is 0.223. The van der Waals surface area contributed by atoms with Gasteiger partial charge in [-0.3, -0.25) is 4.99 Å².